The number of carbonyl (C=O) groups is 3. The van der Waals surface area contributed by atoms with E-state index >= 15 is 0 Å². The fourth-order valence-electron chi connectivity index (χ4n) is 3.14. The molecule has 0 unspecified atom stereocenters. The van der Waals surface area contributed by atoms with Gasteiger partial charge in [-0.25, -0.2) is 9.59 Å². The summed E-state index contributed by atoms with van der Waals surface area (Å²) in [7, 11) is 0. The van der Waals surface area contributed by atoms with Crippen molar-refractivity contribution in [2.24, 2.45) is 0 Å². The maximum atomic E-state index is 12.6. The van der Waals surface area contributed by atoms with Gasteiger partial charge in [-0.1, -0.05) is 36.4 Å². The normalized spacial score (nSPS) is 25.8. The molecule has 0 radical (unpaired) electrons. The second kappa shape index (κ2) is 9.51. The number of rotatable bonds is 5. The van der Waals surface area contributed by atoms with Crippen LogP contribution in [0.4, 0.5) is 0 Å². The highest BCUT2D eigenvalue weighted by Crippen LogP contribution is 2.28. The molecule has 0 saturated carbocycles. The molecule has 2 aromatic rings. The van der Waals surface area contributed by atoms with E-state index in [1.807, 2.05) is 0 Å². The van der Waals surface area contributed by atoms with Crippen LogP contribution < -0.4 is 0 Å². The maximum absolute atomic E-state index is 12.6. The number of ether oxygens (including phenoxy) is 4. The van der Waals surface area contributed by atoms with Crippen LogP contribution in [0.15, 0.2) is 60.7 Å². The Labute approximate surface area is 173 Å². The van der Waals surface area contributed by atoms with Crippen LogP contribution in [-0.4, -0.2) is 53.7 Å². The number of hydrogen-bond donors (Lipinski definition) is 1. The van der Waals surface area contributed by atoms with Crippen LogP contribution in [0, 0.1) is 0 Å². The summed E-state index contributed by atoms with van der Waals surface area (Å²) < 4.78 is 21.6. The zero-order valence-electron chi connectivity index (χ0n) is 16.5. The highest BCUT2D eigenvalue weighted by Gasteiger charge is 2.50. The van der Waals surface area contributed by atoms with Crippen LogP contribution in [0.25, 0.3) is 0 Å². The molecule has 0 bridgehead atoms. The first-order chi connectivity index (χ1) is 14.4. The zero-order valence-corrected chi connectivity index (χ0v) is 16.5. The van der Waals surface area contributed by atoms with E-state index in [1.165, 1.54) is 0 Å². The Morgan fingerprint density at radius 3 is 1.70 bits per heavy atom. The molecule has 8 nitrogen and oxygen atoms in total. The molecule has 1 saturated heterocycles. The molecule has 0 amide bonds. The molecule has 3 rings (SSSR count). The van der Waals surface area contributed by atoms with Crippen LogP contribution in [0.1, 0.15) is 34.6 Å². The van der Waals surface area contributed by atoms with Crippen LogP contribution in [0.5, 0.6) is 0 Å². The topological polar surface area (TPSA) is 108 Å². The van der Waals surface area contributed by atoms with E-state index < -0.39 is 48.6 Å². The lowest BCUT2D eigenvalue weighted by Gasteiger charge is -2.42. The fourth-order valence-corrected chi connectivity index (χ4v) is 3.14. The molecule has 30 heavy (non-hydrogen) atoms. The fraction of sp³-hybridized carbons (Fsp3) is 0.318. The first kappa shape index (κ1) is 21.5. The smallest absolute Gasteiger partial charge is 0.338 e. The summed E-state index contributed by atoms with van der Waals surface area (Å²) in [6.07, 6.45) is -6.19. The molecular weight excluding hydrogens is 392 g/mol. The van der Waals surface area contributed by atoms with Crippen molar-refractivity contribution in [1.82, 2.24) is 0 Å². The molecule has 1 heterocycles. The number of carbonyl (C=O) groups excluding carboxylic acids is 3. The molecule has 1 aliphatic rings. The predicted molar refractivity (Wildman–Crippen MR) is 103 cm³/mol. The van der Waals surface area contributed by atoms with E-state index in [2.05, 4.69) is 0 Å². The van der Waals surface area contributed by atoms with Crippen molar-refractivity contribution in [2.75, 3.05) is 0 Å². The van der Waals surface area contributed by atoms with Gasteiger partial charge in [0.2, 0.25) is 0 Å². The van der Waals surface area contributed by atoms with Crippen LogP contribution in [-0.2, 0) is 23.7 Å². The molecule has 158 valence electrons. The summed E-state index contributed by atoms with van der Waals surface area (Å²) in [5, 5.41) is 10.3. The standard InChI is InChI=1S/C22H22O8/c1-13-17(29-20(24)15-9-5-3-6-10-15)18(19(22(26)27-13)28-14(2)23)30-21(25)16-11-7-4-8-12-16/h3-13,17-19,22,26H,1-2H3/t13-,17-,18+,19-,22-/m0/s1. The van der Waals surface area contributed by atoms with Crippen LogP contribution >= 0.6 is 0 Å². The molecule has 0 aliphatic carbocycles. The number of aliphatic hydroxyl groups excluding tert-OH is 1. The van der Waals surface area contributed by atoms with Crippen LogP contribution in [0.2, 0.25) is 0 Å². The second-order valence-corrected chi connectivity index (χ2v) is 6.78. The highest BCUT2D eigenvalue weighted by molar-refractivity contribution is 5.90. The summed E-state index contributed by atoms with van der Waals surface area (Å²) in [4.78, 5) is 36.8. The van der Waals surface area contributed by atoms with Gasteiger partial charge in [-0.15, -0.1) is 0 Å². The average Bonchev–Trinajstić information content (AvgIpc) is 2.74. The number of aliphatic hydroxyl groups is 1. The summed E-state index contributed by atoms with van der Waals surface area (Å²) in [6, 6.07) is 16.4. The molecule has 1 fully saturated rings. The van der Waals surface area contributed by atoms with Gasteiger partial charge >= 0.3 is 17.9 Å². The average molecular weight is 414 g/mol. The quantitative estimate of drug-likeness (QED) is 0.585. The first-order valence-corrected chi connectivity index (χ1v) is 9.39. The lowest BCUT2D eigenvalue weighted by molar-refractivity contribution is -0.281. The third kappa shape index (κ3) is 5.03. The molecule has 8 heteroatoms. The summed E-state index contributed by atoms with van der Waals surface area (Å²) in [5.41, 5.74) is 0.536. The predicted octanol–water partition coefficient (Wildman–Crippen LogP) is 2.11. The molecule has 2 aromatic carbocycles. The third-order valence-corrected chi connectivity index (χ3v) is 4.55. The van der Waals surface area contributed by atoms with Gasteiger partial charge in [0.25, 0.3) is 0 Å². The Bertz CT molecular complexity index is 883. The van der Waals surface area contributed by atoms with Gasteiger partial charge in [0.1, 0.15) is 0 Å². The lowest BCUT2D eigenvalue weighted by atomic mass is 9.98. The summed E-state index contributed by atoms with van der Waals surface area (Å²) >= 11 is 0. The van der Waals surface area contributed by atoms with Gasteiger partial charge in [0, 0.05) is 6.92 Å². The minimum Gasteiger partial charge on any atom is -0.453 e. The molecule has 5 atom stereocenters. The Morgan fingerprint density at radius 2 is 1.23 bits per heavy atom. The first-order valence-electron chi connectivity index (χ1n) is 9.39. The van der Waals surface area contributed by atoms with Crippen molar-refractivity contribution < 1.29 is 38.4 Å². The summed E-state index contributed by atoms with van der Waals surface area (Å²) in [5.74, 6) is -2.11. The van der Waals surface area contributed by atoms with E-state index in [0.717, 1.165) is 6.92 Å². The van der Waals surface area contributed by atoms with Crippen molar-refractivity contribution in [2.45, 2.75) is 44.6 Å². The van der Waals surface area contributed by atoms with E-state index in [4.69, 9.17) is 18.9 Å². The molecule has 1 N–H and O–H groups in total. The number of esters is 3. The number of hydrogen-bond acceptors (Lipinski definition) is 8. The SMILES string of the molecule is CC(=O)O[C@H]1[C@H](OC(=O)c2ccccc2)[C@@H](OC(=O)c2ccccc2)[C@H](C)O[C@@H]1O. The van der Waals surface area contributed by atoms with Gasteiger partial charge in [0.15, 0.2) is 24.6 Å². The van der Waals surface area contributed by atoms with Gasteiger partial charge in [-0.2, -0.15) is 0 Å². The largest absolute Gasteiger partial charge is 0.453 e. The van der Waals surface area contributed by atoms with Crippen molar-refractivity contribution >= 4 is 17.9 Å². The lowest BCUT2D eigenvalue weighted by Crippen LogP contribution is -2.60. The van der Waals surface area contributed by atoms with Crippen molar-refractivity contribution in [1.29, 1.82) is 0 Å². The minimum absolute atomic E-state index is 0.251. The van der Waals surface area contributed by atoms with Crippen molar-refractivity contribution in [3.63, 3.8) is 0 Å². The van der Waals surface area contributed by atoms with Crippen LogP contribution in [0.3, 0.4) is 0 Å². The Morgan fingerprint density at radius 1 is 0.767 bits per heavy atom. The molecular formula is C22H22O8. The molecule has 0 aromatic heterocycles. The van der Waals surface area contributed by atoms with Crippen molar-refractivity contribution in [3.05, 3.63) is 71.8 Å². The molecule has 1 aliphatic heterocycles. The highest BCUT2D eigenvalue weighted by atomic mass is 16.7. The van der Waals surface area contributed by atoms with E-state index in [-0.39, 0.29) is 11.1 Å². The van der Waals surface area contributed by atoms with Crippen molar-refractivity contribution in [3.8, 4) is 0 Å². The van der Waals surface area contributed by atoms with Gasteiger partial charge < -0.3 is 24.1 Å². The summed E-state index contributed by atoms with van der Waals surface area (Å²) in [6.45, 7) is 2.70. The van der Waals surface area contributed by atoms with E-state index in [0.29, 0.717) is 0 Å². The van der Waals surface area contributed by atoms with E-state index in [9.17, 15) is 19.5 Å². The Balaban J connectivity index is 1.88. The monoisotopic (exact) mass is 414 g/mol. The number of benzene rings is 2. The third-order valence-electron chi connectivity index (χ3n) is 4.55. The van der Waals surface area contributed by atoms with Gasteiger partial charge in [-0.3, -0.25) is 4.79 Å². The van der Waals surface area contributed by atoms with Gasteiger partial charge in [0.05, 0.1) is 17.2 Å². The maximum Gasteiger partial charge on any atom is 0.338 e. The second-order valence-electron chi connectivity index (χ2n) is 6.78. The van der Waals surface area contributed by atoms with Gasteiger partial charge in [-0.05, 0) is 31.2 Å². The minimum atomic E-state index is -1.57. The Kier molecular flexibility index (Phi) is 6.81. The Hall–Kier alpha value is -3.23. The van der Waals surface area contributed by atoms with E-state index in [1.54, 1.807) is 67.6 Å². The molecule has 0 spiro atoms. The zero-order chi connectivity index (χ0) is 21.7.